The van der Waals surface area contributed by atoms with Crippen LogP contribution >= 0.6 is 0 Å². The van der Waals surface area contributed by atoms with Crippen molar-refractivity contribution in [2.75, 3.05) is 6.54 Å². The van der Waals surface area contributed by atoms with Crippen molar-refractivity contribution < 1.29 is 14.7 Å². The highest BCUT2D eigenvalue weighted by atomic mass is 16.4. The van der Waals surface area contributed by atoms with Gasteiger partial charge in [0, 0.05) is 5.70 Å². The van der Waals surface area contributed by atoms with Crippen molar-refractivity contribution in [1.29, 1.82) is 5.26 Å². The van der Waals surface area contributed by atoms with Gasteiger partial charge >= 0.3 is 12.1 Å². The molecule has 68 valence electrons. The van der Waals surface area contributed by atoms with E-state index in [1.165, 1.54) is 0 Å². The molecule has 0 fully saturated rings. The normalized spacial score (nSPS) is 16.6. The van der Waals surface area contributed by atoms with Crippen molar-refractivity contribution in [3.63, 3.8) is 0 Å². The number of amides is 3. The molecule has 2 N–H and O–H groups in total. The Morgan fingerprint density at radius 3 is 2.85 bits per heavy atom. The van der Waals surface area contributed by atoms with Crippen LogP contribution in [0.15, 0.2) is 11.3 Å². The van der Waals surface area contributed by atoms with E-state index in [4.69, 9.17) is 10.4 Å². The summed E-state index contributed by atoms with van der Waals surface area (Å²) in [4.78, 5) is 22.0. The number of hydrogen-bond donors (Lipinski definition) is 2. The summed E-state index contributed by atoms with van der Waals surface area (Å²) < 4.78 is 0. The predicted molar refractivity (Wildman–Crippen MR) is 41.6 cm³/mol. The maximum Gasteiger partial charge on any atom is 0.415 e. The van der Waals surface area contributed by atoms with Gasteiger partial charge in [-0.2, -0.15) is 5.26 Å². The van der Waals surface area contributed by atoms with E-state index < -0.39 is 12.1 Å². The van der Waals surface area contributed by atoms with Crippen LogP contribution in [0.1, 0.15) is 6.92 Å². The fourth-order valence-corrected chi connectivity index (χ4v) is 0.926. The average Bonchev–Trinajstić information content (AvgIpc) is 2.03. The number of urea groups is 1. The molecule has 0 aromatic heterocycles. The van der Waals surface area contributed by atoms with E-state index in [2.05, 4.69) is 5.32 Å². The molecule has 1 aliphatic heterocycles. The largest absolute Gasteiger partial charge is 0.465 e. The van der Waals surface area contributed by atoms with Gasteiger partial charge < -0.3 is 10.4 Å². The molecule has 6 nitrogen and oxygen atoms in total. The van der Waals surface area contributed by atoms with E-state index in [0.29, 0.717) is 10.6 Å². The van der Waals surface area contributed by atoms with Crippen LogP contribution in [0.3, 0.4) is 0 Å². The average molecular weight is 181 g/mol. The molecule has 13 heavy (non-hydrogen) atoms. The lowest BCUT2D eigenvalue weighted by Crippen LogP contribution is -2.47. The number of carbonyl (C=O) groups is 2. The van der Waals surface area contributed by atoms with Crippen molar-refractivity contribution in [1.82, 2.24) is 10.2 Å². The van der Waals surface area contributed by atoms with E-state index in [0.717, 1.165) is 0 Å². The third-order valence-electron chi connectivity index (χ3n) is 1.67. The number of rotatable bonds is 0. The Labute approximate surface area is 74.1 Å². The minimum atomic E-state index is -1.36. The Morgan fingerprint density at radius 1 is 1.77 bits per heavy atom. The van der Waals surface area contributed by atoms with Crippen molar-refractivity contribution in [2.24, 2.45) is 0 Å². The van der Waals surface area contributed by atoms with E-state index in [1.807, 2.05) is 6.07 Å². The number of nitrogens with one attached hydrogen (secondary N) is 1. The maximum atomic E-state index is 11.0. The topological polar surface area (TPSA) is 93.4 Å². The van der Waals surface area contributed by atoms with Gasteiger partial charge in [-0.1, -0.05) is 0 Å². The highest BCUT2D eigenvalue weighted by Gasteiger charge is 2.27. The number of hydrogen-bond acceptors (Lipinski definition) is 3. The van der Waals surface area contributed by atoms with Gasteiger partial charge in [0.2, 0.25) is 0 Å². The monoisotopic (exact) mass is 181 g/mol. The summed E-state index contributed by atoms with van der Waals surface area (Å²) in [5.41, 5.74) is 0.659. The van der Waals surface area contributed by atoms with E-state index in [1.54, 1.807) is 6.92 Å². The second-order valence-corrected chi connectivity index (χ2v) is 2.51. The van der Waals surface area contributed by atoms with Crippen LogP contribution in [-0.4, -0.2) is 28.7 Å². The number of carboxylic acid groups (broad SMARTS) is 1. The molecule has 1 aliphatic rings. The number of nitrogens with zero attached hydrogens (tertiary/aromatic N) is 2. The van der Waals surface area contributed by atoms with Crippen LogP contribution in [0.5, 0.6) is 0 Å². The molecule has 0 aromatic carbocycles. The summed E-state index contributed by atoms with van der Waals surface area (Å²) in [5, 5.41) is 19.4. The van der Waals surface area contributed by atoms with Gasteiger partial charge in [-0.05, 0) is 6.92 Å². The molecule has 0 radical (unpaired) electrons. The SMILES string of the molecule is CC1=C(C#N)CN(C(=O)O)C(=O)N1. The standard InChI is InChI=1S/C7H7N3O3/c1-4-5(2-8)3-10(7(12)13)6(11)9-4/h3H2,1H3,(H,9,11)(H,12,13). The molecule has 0 bridgehead atoms. The molecule has 1 rings (SSSR count). The smallest absolute Gasteiger partial charge is 0.415 e. The van der Waals surface area contributed by atoms with Crippen molar-refractivity contribution >= 4 is 12.1 Å². The van der Waals surface area contributed by atoms with Crippen LogP contribution < -0.4 is 5.32 Å². The highest BCUT2D eigenvalue weighted by molar-refractivity contribution is 5.92. The van der Waals surface area contributed by atoms with Gasteiger partial charge in [0.25, 0.3) is 0 Å². The molecule has 1 heterocycles. The lowest BCUT2D eigenvalue weighted by atomic mass is 10.2. The molecule has 0 unspecified atom stereocenters. The molecule has 0 spiro atoms. The molecule has 6 heteroatoms. The van der Waals surface area contributed by atoms with Gasteiger partial charge in [-0.3, -0.25) is 0 Å². The zero-order chi connectivity index (χ0) is 10.0. The molecule has 0 saturated carbocycles. The summed E-state index contributed by atoms with van der Waals surface area (Å²) in [6.07, 6.45) is -1.36. The first kappa shape index (κ1) is 9.06. The minimum absolute atomic E-state index is 0.177. The van der Waals surface area contributed by atoms with Gasteiger partial charge in [0.1, 0.15) is 0 Å². The van der Waals surface area contributed by atoms with Gasteiger partial charge in [-0.15, -0.1) is 0 Å². The molecule has 0 atom stereocenters. The van der Waals surface area contributed by atoms with Crippen LogP contribution in [0, 0.1) is 11.3 Å². The lowest BCUT2D eigenvalue weighted by molar-refractivity contribution is 0.150. The number of imide groups is 1. The van der Waals surface area contributed by atoms with Crippen LogP contribution in [0.2, 0.25) is 0 Å². The molecule has 3 amide bonds. The molecule has 0 aliphatic carbocycles. The first-order valence-electron chi connectivity index (χ1n) is 3.47. The minimum Gasteiger partial charge on any atom is -0.465 e. The van der Waals surface area contributed by atoms with Crippen LogP contribution in [0.4, 0.5) is 9.59 Å². The molecular formula is C7H7N3O3. The van der Waals surface area contributed by atoms with Crippen molar-refractivity contribution in [2.45, 2.75) is 6.92 Å². The third-order valence-corrected chi connectivity index (χ3v) is 1.67. The Hall–Kier alpha value is -2.03. The zero-order valence-corrected chi connectivity index (χ0v) is 6.87. The molecule has 0 aromatic rings. The summed E-state index contributed by atoms with van der Waals surface area (Å²) in [6.45, 7) is 1.37. The van der Waals surface area contributed by atoms with Gasteiger partial charge in [0.05, 0.1) is 18.2 Å². The summed E-state index contributed by atoms with van der Waals surface area (Å²) in [6, 6.07) is 1.10. The van der Waals surface area contributed by atoms with Crippen molar-refractivity contribution in [3.8, 4) is 6.07 Å². The van der Waals surface area contributed by atoms with Crippen molar-refractivity contribution in [3.05, 3.63) is 11.3 Å². The molecule has 0 saturated heterocycles. The summed E-state index contributed by atoms with van der Waals surface area (Å²) >= 11 is 0. The van der Waals surface area contributed by atoms with Crippen LogP contribution in [0.25, 0.3) is 0 Å². The Balaban J connectivity index is 2.96. The maximum absolute atomic E-state index is 11.0. The number of carbonyl (C=O) groups excluding carboxylic acids is 1. The fourth-order valence-electron chi connectivity index (χ4n) is 0.926. The van der Waals surface area contributed by atoms with Gasteiger partial charge in [0.15, 0.2) is 0 Å². The first-order valence-corrected chi connectivity index (χ1v) is 3.47. The van der Waals surface area contributed by atoms with E-state index in [9.17, 15) is 9.59 Å². The highest BCUT2D eigenvalue weighted by Crippen LogP contribution is 2.10. The fraction of sp³-hybridized carbons (Fsp3) is 0.286. The number of allylic oxidation sites excluding steroid dienone is 1. The predicted octanol–water partition coefficient (Wildman–Crippen LogP) is 0.487. The first-order chi connectivity index (χ1) is 6.06. The third kappa shape index (κ3) is 1.59. The number of nitriles is 1. The molecular weight excluding hydrogens is 174 g/mol. The summed E-state index contributed by atoms with van der Waals surface area (Å²) in [5.74, 6) is 0. The second-order valence-electron chi connectivity index (χ2n) is 2.51. The zero-order valence-electron chi connectivity index (χ0n) is 6.87. The quantitative estimate of drug-likeness (QED) is 0.568. The Bertz CT molecular complexity index is 339. The van der Waals surface area contributed by atoms with E-state index in [-0.39, 0.29) is 12.1 Å². The van der Waals surface area contributed by atoms with Gasteiger partial charge in [-0.25, -0.2) is 14.5 Å². The van der Waals surface area contributed by atoms with E-state index >= 15 is 0 Å². The summed E-state index contributed by atoms with van der Waals surface area (Å²) in [7, 11) is 0. The Morgan fingerprint density at radius 2 is 2.38 bits per heavy atom. The lowest BCUT2D eigenvalue weighted by Gasteiger charge is -2.23. The second kappa shape index (κ2) is 3.15. The van der Waals surface area contributed by atoms with Crippen LogP contribution in [-0.2, 0) is 0 Å². The Kier molecular flexibility index (Phi) is 2.19.